The Hall–Kier alpha value is -4.92. The van der Waals surface area contributed by atoms with Crippen LogP contribution in [0.15, 0.2) is 97.2 Å². The number of benzene rings is 4. The summed E-state index contributed by atoms with van der Waals surface area (Å²) in [5.74, 6) is -3.49. The van der Waals surface area contributed by atoms with Crippen LogP contribution in [0.4, 0.5) is 24.5 Å². The Labute approximate surface area is 232 Å². The fourth-order valence-corrected chi connectivity index (χ4v) is 6.42. The molecular weight excluding hydrogens is 531 g/mol. The number of hydrogen-bond acceptors (Lipinski definition) is 4. The van der Waals surface area contributed by atoms with Crippen LogP contribution in [0.2, 0.25) is 0 Å². The second kappa shape index (κ2) is 9.05. The molecule has 3 aliphatic rings. The Morgan fingerprint density at radius 2 is 1.51 bits per heavy atom. The number of halogens is 3. The van der Waals surface area contributed by atoms with Gasteiger partial charge in [-0.25, -0.2) is 4.90 Å². The molecule has 0 spiro atoms. The van der Waals surface area contributed by atoms with Gasteiger partial charge in [-0.15, -0.1) is 0 Å². The van der Waals surface area contributed by atoms with Gasteiger partial charge in [0.15, 0.2) is 0 Å². The number of hydrogen-bond donors (Lipinski definition) is 1. The number of imide groups is 1. The van der Waals surface area contributed by atoms with E-state index >= 15 is 0 Å². The summed E-state index contributed by atoms with van der Waals surface area (Å²) in [6.45, 7) is 0. The molecule has 4 atom stereocenters. The van der Waals surface area contributed by atoms with Crippen molar-refractivity contribution in [3.05, 3.63) is 114 Å². The third-order valence-electron chi connectivity index (χ3n) is 8.18. The Bertz CT molecular complexity index is 1780. The molecule has 0 saturated carbocycles. The topological polar surface area (TPSA) is 69.7 Å². The molecule has 2 saturated heterocycles. The first kappa shape index (κ1) is 25.1. The Morgan fingerprint density at radius 1 is 0.780 bits per heavy atom. The van der Waals surface area contributed by atoms with E-state index in [2.05, 4.69) is 5.32 Å². The Morgan fingerprint density at radius 3 is 2.32 bits per heavy atom. The summed E-state index contributed by atoms with van der Waals surface area (Å²) < 4.78 is 40.0. The molecule has 0 aromatic heterocycles. The second-order valence-corrected chi connectivity index (χ2v) is 10.4. The van der Waals surface area contributed by atoms with Crippen LogP contribution in [0.3, 0.4) is 0 Å². The summed E-state index contributed by atoms with van der Waals surface area (Å²) in [4.78, 5) is 44.8. The standard InChI is InChI=1S/C32H22F3N3O3/c33-32(34,35)21-9-5-10-22(17-21)36-29(39)28-26-25(27-24-11-4-3-7-19(24)14-15-37(27)28)30(40)38(31(26)41)23-13-12-18-6-1-2-8-20(18)16-23/h1-17,25-28H,(H,36,39)/t25-,26+,27?,28-/m0/s1. The molecule has 0 bridgehead atoms. The maximum absolute atomic E-state index is 14.1. The van der Waals surface area contributed by atoms with Gasteiger partial charge in [0.2, 0.25) is 17.7 Å². The number of nitrogens with one attached hydrogen (secondary N) is 1. The summed E-state index contributed by atoms with van der Waals surface area (Å²) in [7, 11) is 0. The Kier molecular flexibility index (Phi) is 5.54. The highest BCUT2D eigenvalue weighted by Gasteiger charge is 2.64. The van der Waals surface area contributed by atoms with Crippen molar-refractivity contribution >= 4 is 45.9 Å². The molecule has 1 N–H and O–H groups in total. The Balaban J connectivity index is 1.30. The normalized spacial score (nSPS) is 23.0. The fourth-order valence-electron chi connectivity index (χ4n) is 6.42. The predicted molar refractivity (Wildman–Crippen MR) is 147 cm³/mol. The van der Waals surface area contributed by atoms with Gasteiger partial charge in [-0.05, 0) is 58.3 Å². The number of carbonyl (C=O) groups excluding carboxylic acids is 3. The number of anilines is 2. The fraction of sp³-hybridized carbons (Fsp3) is 0.156. The highest BCUT2D eigenvalue weighted by atomic mass is 19.4. The molecule has 2 fully saturated rings. The van der Waals surface area contributed by atoms with E-state index in [-0.39, 0.29) is 5.69 Å². The van der Waals surface area contributed by atoms with Gasteiger partial charge in [0, 0.05) is 11.9 Å². The zero-order valence-corrected chi connectivity index (χ0v) is 21.4. The van der Waals surface area contributed by atoms with Crippen molar-refractivity contribution in [2.45, 2.75) is 18.3 Å². The minimum atomic E-state index is -4.59. The monoisotopic (exact) mass is 553 g/mol. The van der Waals surface area contributed by atoms with E-state index in [4.69, 9.17) is 0 Å². The van der Waals surface area contributed by atoms with Crippen LogP contribution in [0.25, 0.3) is 16.8 Å². The highest BCUT2D eigenvalue weighted by molar-refractivity contribution is 6.24. The zero-order valence-electron chi connectivity index (χ0n) is 21.4. The zero-order chi connectivity index (χ0) is 28.5. The SMILES string of the molecule is O=C(Nc1cccc(C(F)(F)F)c1)[C@@H]1[C@@H]2C(=O)N(c3ccc4ccccc4c3)C(=O)[C@@H]2C2c3ccccc3C=CN21. The molecule has 3 heterocycles. The van der Waals surface area contributed by atoms with Crippen molar-refractivity contribution in [2.24, 2.45) is 11.8 Å². The number of alkyl halides is 3. The predicted octanol–water partition coefficient (Wildman–Crippen LogP) is 6.01. The van der Waals surface area contributed by atoms with Gasteiger partial charge in [0.25, 0.3) is 0 Å². The summed E-state index contributed by atoms with van der Waals surface area (Å²) in [6, 6.07) is 23.0. The van der Waals surface area contributed by atoms with Crippen LogP contribution in [0.5, 0.6) is 0 Å². The van der Waals surface area contributed by atoms with Gasteiger partial charge in [0.05, 0.1) is 29.1 Å². The van der Waals surface area contributed by atoms with Crippen LogP contribution >= 0.6 is 0 Å². The molecule has 7 rings (SSSR count). The number of rotatable bonds is 3. The summed E-state index contributed by atoms with van der Waals surface area (Å²) in [6.07, 6.45) is -1.08. The van der Waals surface area contributed by atoms with Gasteiger partial charge in [0.1, 0.15) is 6.04 Å². The lowest BCUT2D eigenvalue weighted by Gasteiger charge is -2.35. The van der Waals surface area contributed by atoms with Gasteiger partial charge in [-0.3, -0.25) is 14.4 Å². The summed E-state index contributed by atoms with van der Waals surface area (Å²) in [5.41, 5.74) is 1.14. The van der Waals surface area contributed by atoms with Crippen LogP contribution in [0.1, 0.15) is 22.7 Å². The molecule has 4 aromatic carbocycles. The lowest BCUT2D eigenvalue weighted by atomic mass is 9.84. The molecule has 0 radical (unpaired) electrons. The van der Waals surface area contributed by atoms with E-state index in [9.17, 15) is 27.6 Å². The first-order chi connectivity index (χ1) is 19.7. The number of fused-ring (bicyclic) bond motifs is 6. The molecule has 41 heavy (non-hydrogen) atoms. The van der Waals surface area contributed by atoms with Gasteiger partial charge < -0.3 is 10.2 Å². The van der Waals surface area contributed by atoms with Crippen LogP contribution < -0.4 is 10.2 Å². The van der Waals surface area contributed by atoms with Gasteiger partial charge in [-0.1, -0.05) is 60.7 Å². The van der Waals surface area contributed by atoms with E-state index in [0.29, 0.717) is 5.69 Å². The molecule has 204 valence electrons. The van der Waals surface area contributed by atoms with Crippen molar-refractivity contribution in [2.75, 3.05) is 10.2 Å². The quantitative estimate of drug-likeness (QED) is 0.316. The van der Waals surface area contributed by atoms with Gasteiger partial charge >= 0.3 is 6.18 Å². The van der Waals surface area contributed by atoms with E-state index < -0.39 is 53.4 Å². The van der Waals surface area contributed by atoms with E-state index in [1.54, 1.807) is 23.2 Å². The molecule has 3 aliphatic heterocycles. The van der Waals surface area contributed by atoms with Crippen molar-refractivity contribution in [3.8, 4) is 0 Å². The molecule has 6 nitrogen and oxygen atoms in total. The first-order valence-electron chi connectivity index (χ1n) is 13.1. The maximum Gasteiger partial charge on any atom is 0.416 e. The van der Waals surface area contributed by atoms with Crippen molar-refractivity contribution in [1.29, 1.82) is 0 Å². The molecule has 0 aliphatic carbocycles. The summed E-state index contributed by atoms with van der Waals surface area (Å²) >= 11 is 0. The average molecular weight is 554 g/mol. The van der Waals surface area contributed by atoms with Crippen LogP contribution in [-0.4, -0.2) is 28.7 Å². The second-order valence-electron chi connectivity index (χ2n) is 10.4. The summed E-state index contributed by atoms with van der Waals surface area (Å²) in [5, 5.41) is 4.39. The lowest BCUT2D eigenvalue weighted by molar-refractivity contribution is -0.137. The first-order valence-corrected chi connectivity index (χ1v) is 13.1. The molecule has 9 heteroatoms. The average Bonchev–Trinajstić information content (AvgIpc) is 3.44. The molecule has 1 unspecified atom stereocenters. The smallest absolute Gasteiger partial charge is 0.357 e. The largest absolute Gasteiger partial charge is 0.416 e. The lowest BCUT2D eigenvalue weighted by Crippen LogP contribution is -2.46. The van der Waals surface area contributed by atoms with Crippen molar-refractivity contribution < 1.29 is 27.6 Å². The maximum atomic E-state index is 14.1. The van der Waals surface area contributed by atoms with Crippen LogP contribution in [-0.2, 0) is 20.6 Å². The highest BCUT2D eigenvalue weighted by Crippen LogP contribution is 2.53. The van der Waals surface area contributed by atoms with Crippen molar-refractivity contribution in [3.63, 3.8) is 0 Å². The van der Waals surface area contributed by atoms with E-state index in [1.807, 2.05) is 60.7 Å². The minimum absolute atomic E-state index is 0.0469. The van der Waals surface area contributed by atoms with Crippen LogP contribution in [0, 0.1) is 11.8 Å². The molecule has 3 amide bonds. The molecular formula is C32H22F3N3O3. The molecule has 4 aromatic rings. The number of nitrogens with zero attached hydrogens (tertiary/aromatic N) is 2. The number of carbonyl (C=O) groups is 3. The number of amides is 3. The third kappa shape index (κ3) is 3.91. The van der Waals surface area contributed by atoms with Gasteiger partial charge in [-0.2, -0.15) is 13.2 Å². The van der Waals surface area contributed by atoms with Crippen molar-refractivity contribution in [1.82, 2.24) is 4.90 Å². The third-order valence-corrected chi connectivity index (χ3v) is 8.18. The van der Waals surface area contributed by atoms with E-state index in [1.165, 1.54) is 12.1 Å². The van der Waals surface area contributed by atoms with E-state index in [0.717, 1.165) is 38.9 Å². The minimum Gasteiger partial charge on any atom is -0.357 e.